The monoisotopic (exact) mass is 164 g/mol. The van der Waals surface area contributed by atoms with Gasteiger partial charge in [-0.05, 0) is 6.92 Å². The van der Waals surface area contributed by atoms with Crippen LogP contribution in [-0.4, -0.2) is 5.78 Å². The van der Waals surface area contributed by atoms with Gasteiger partial charge >= 0.3 is 0 Å². The molecule has 0 amide bonds. The Bertz CT molecular complexity index is 246. The second kappa shape index (κ2) is 4.70. The van der Waals surface area contributed by atoms with Crippen LogP contribution in [0.2, 0.25) is 0 Å². The zero-order valence-electron chi connectivity index (χ0n) is 6.92. The fourth-order valence-corrected chi connectivity index (χ4v) is 0.944. The first-order chi connectivity index (χ1) is 5.24. The predicted octanol–water partition coefficient (Wildman–Crippen LogP) is 3.22. The van der Waals surface area contributed by atoms with Crippen molar-refractivity contribution in [3.05, 3.63) is 35.4 Å². The molecule has 0 spiro atoms. The van der Waals surface area contributed by atoms with Crippen LogP contribution in [0.1, 0.15) is 36.7 Å². The standard InChI is InChI=1S/C10H12O.CH4/c1-3-10(11)9-6-4-8(2)5-7-9;/h4-7H,3H2,1-2H3;1H4. The molecule has 0 fully saturated rings. The van der Waals surface area contributed by atoms with Crippen LogP contribution >= 0.6 is 0 Å². The zero-order chi connectivity index (χ0) is 8.27. The Kier molecular flexibility index (Phi) is 4.27. The molecule has 1 aromatic carbocycles. The van der Waals surface area contributed by atoms with E-state index >= 15 is 0 Å². The first-order valence-corrected chi connectivity index (χ1v) is 3.84. The molecule has 0 aliphatic rings. The lowest BCUT2D eigenvalue weighted by molar-refractivity contribution is 0.0988. The van der Waals surface area contributed by atoms with Crippen molar-refractivity contribution in [1.29, 1.82) is 0 Å². The molecule has 1 heteroatoms. The van der Waals surface area contributed by atoms with E-state index in [0.717, 1.165) is 5.56 Å². The molecule has 0 bridgehead atoms. The molecule has 66 valence electrons. The van der Waals surface area contributed by atoms with E-state index < -0.39 is 0 Å². The largest absolute Gasteiger partial charge is 0.294 e. The van der Waals surface area contributed by atoms with Gasteiger partial charge in [0.15, 0.2) is 5.78 Å². The molecule has 1 aromatic rings. The number of carbonyl (C=O) groups is 1. The van der Waals surface area contributed by atoms with Gasteiger partial charge in [-0.2, -0.15) is 0 Å². The van der Waals surface area contributed by atoms with E-state index in [1.165, 1.54) is 5.56 Å². The highest BCUT2D eigenvalue weighted by Gasteiger charge is 1.99. The maximum atomic E-state index is 11.1. The van der Waals surface area contributed by atoms with Crippen LogP contribution in [0.5, 0.6) is 0 Å². The van der Waals surface area contributed by atoms with Gasteiger partial charge in [0.25, 0.3) is 0 Å². The van der Waals surface area contributed by atoms with Crippen molar-refractivity contribution in [1.82, 2.24) is 0 Å². The Balaban J connectivity index is 0.00000121. The molecule has 0 heterocycles. The molecule has 0 saturated carbocycles. The van der Waals surface area contributed by atoms with E-state index in [0.29, 0.717) is 6.42 Å². The summed E-state index contributed by atoms with van der Waals surface area (Å²) in [6.07, 6.45) is 0.586. The highest BCUT2D eigenvalue weighted by Crippen LogP contribution is 2.05. The topological polar surface area (TPSA) is 17.1 Å². The number of ketones is 1. The van der Waals surface area contributed by atoms with Gasteiger partial charge in [-0.1, -0.05) is 44.2 Å². The van der Waals surface area contributed by atoms with Crippen LogP contribution in [0.3, 0.4) is 0 Å². The quantitative estimate of drug-likeness (QED) is 0.613. The van der Waals surface area contributed by atoms with E-state index in [9.17, 15) is 4.79 Å². The molecular formula is C11H16O. The lowest BCUT2D eigenvalue weighted by Gasteiger charge is -1.96. The molecule has 0 saturated heterocycles. The molecule has 0 unspecified atom stereocenters. The van der Waals surface area contributed by atoms with Gasteiger partial charge < -0.3 is 0 Å². The van der Waals surface area contributed by atoms with Crippen LogP contribution < -0.4 is 0 Å². The maximum absolute atomic E-state index is 11.1. The summed E-state index contributed by atoms with van der Waals surface area (Å²) in [7, 11) is 0. The molecular weight excluding hydrogens is 148 g/mol. The van der Waals surface area contributed by atoms with Gasteiger partial charge in [0.05, 0.1) is 0 Å². The van der Waals surface area contributed by atoms with Crippen molar-refractivity contribution in [2.24, 2.45) is 0 Å². The summed E-state index contributed by atoms with van der Waals surface area (Å²) in [4.78, 5) is 11.1. The fourth-order valence-electron chi connectivity index (χ4n) is 0.944. The number of rotatable bonds is 2. The third-order valence-electron chi connectivity index (χ3n) is 1.69. The Labute approximate surface area is 74.4 Å². The first-order valence-electron chi connectivity index (χ1n) is 3.84. The average Bonchev–Trinajstić information content (AvgIpc) is 2.05. The van der Waals surface area contributed by atoms with E-state index in [-0.39, 0.29) is 13.2 Å². The van der Waals surface area contributed by atoms with E-state index in [1.807, 2.05) is 38.1 Å². The molecule has 0 aromatic heterocycles. The summed E-state index contributed by atoms with van der Waals surface area (Å²) in [5.41, 5.74) is 2.01. The number of hydrogen-bond donors (Lipinski definition) is 0. The van der Waals surface area contributed by atoms with Crippen LogP contribution in [0, 0.1) is 6.92 Å². The highest BCUT2D eigenvalue weighted by atomic mass is 16.1. The summed E-state index contributed by atoms with van der Waals surface area (Å²) < 4.78 is 0. The number of carbonyl (C=O) groups excluding carboxylic acids is 1. The van der Waals surface area contributed by atoms with Gasteiger partial charge in [0.2, 0.25) is 0 Å². The molecule has 1 nitrogen and oxygen atoms in total. The van der Waals surface area contributed by atoms with E-state index in [4.69, 9.17) is 0 Å². The van der Waals surface area contributed by atoms with Crippen molar-refractivity contribution in [3.8, 4) is 0 Å². The number of aryl methyl sites for hydroxylation is 1. The summed E-state index contributed by atoms with van der Waals surface area (Å²) in [6.45, 7) is 3.89. The minimum atomic E-state index is 0. The second-order valence-corrected chi connectivity index (χ2v) is 2.64. The Hall–Kier alpha value is -1.11. The lowest BCUT2D eigenvalue weighted by Crippen LogP contribution is -1.95. The molecule has 12 heavy (non-hydrogen) atoms. The summed E-state index contributed by atoms with van der Waals surface area (Å²) in [6, 6.07) is 7.67. The molecule has 1 rings (SSSR count). The van der Waals surface area contributed by atoms with Gasteiger partial charge in [-0.15, -0.1) is 0 Å². The molecule has 0 atom stereocenters. The van der Waals surface area contributed by atoms with E-state index in [1.54, 1.807) is 0 Å². The molecule has 0 radical (unpaired) electrons. The number of benzene rings is 1. The number of Topliss-reactive ketones (excluding diaryl/α,β-unsaturated/α-hetero) is 1. The summed E-state index contributed by atoms with van der Waals surface area (Å²) >= 11 is 0. The smallest absolute Gasteiger partial charge is 0.162 e. The lowest BCUT2D eigenvalue weighted by atomic mass is 10.1. The minimum absolute atomic E-state index is 0. The SMILES string of the molecule is C.CCC(=O)c1ccc(C)cc1. The van der Waals surface area contributed by atoms with Gasteiger partial charge in [-0.25, -0.2) is 0 Å². The first kappa shape index (κ1) is 10.9. The van der Waals surface area contributed by atoms with Gasteiger partial charge in [0, 0.05) is 12.0 Å². The van der Waals surface area contributed by atoms with Crippen molar-refractivity contribution >= 4 is 5.78 Å². The third-order valence-corrected chi connectivity index (χ3v) is 1.69. The molecule has 0 N–H and O–H groups in total. The normalized spacial score (nSPS) is 8.83. The molecule has 0 aliphatic heterocycles. The predicted molar refractivity (Wildman–Crippen MR) is 52.5 cm³/mol. The van der Waals surface area contributed by atoms with Gasteiger partial charge in [0.1, 0.15) is 0 Å². The Morgan fingerprint density at radius 3 is 2.17 bits per heavy atom. The summed E-state index contributed by atoms with van der Waals surface area (Å²) in [5, 5.41) is 0. The summed E-state index contributed by atoms with van der Waals surface area (Å²) in [5.74, 6) is 0.213. The van der Waals surface area contributed by atoms with Crippen LogP contribution in [0.15, 0.2) is 24.3 Å². The highest BCUT2D eigenvalue weighted by molar-refractivity contribution is 5.95. The van der Waals surface area contributed by atoms with Crippen LogP contribution in [0.4, 0.5) is 0 Å². The fraction of sp³-hybridized carbons (Fsp3) is 0.364. The third kappa shape index (κ3) is 2.50. The van der Waals surface area contributed by atoms with Crippen molar-refractivity contribution < 1.29 is 4.79 Å². The Morgan fingerprint density at radius 1 is 1.25 bits per heavy atom. The van der Waals surface area contributed by atoms with Crippen molar-refractivity contribution in [2.75, 3.05) is 0 Å². The molecule has 0 aliphatic carbocycles. The average molecular weight is 164 g/mol. The maximum Gasteiger partial charge on any atom is 0.162 e. The van der Waals surface area contributed by atoms with Crippen molar-refractivity contribution in [3.63, 3.8) is 0 Å². The minimum Gasteiger partial charge on any atom is -0.294 e. The second-order valence-electron chi connectivity index (χ2n) is 2.64. The van der Waals surface area contributed by atoms with Gasteiger partial charge in [-0.3, -0.25) is 4.79 Å². The van der Waals surface area contributed by atoms with E-state index in [2.05, 4.69) is 0 Å². The van der Waals surface area contributed by atoms with Crippen LogP contribution in [0.25, 0.3) is 0 Å². The Morgan fingerprint density at radius 2 is 1.75 bits per heavy atom. The van der Waals surface area contributed by atoms with Crippen molar-refractivity contribution in [2.45, 2.75) is 27.7 Å². The zero-order valence-corrected chi connectivity index (χ0v) is 6.92. The van der Waals surface area contributed by atoms with Crippen LogP contribution in [-0.2, 0) is 0 Å². The number of hydrogen-bond acceptors (Lipinski definition) is 1.